The lowest BCUT2D eigenvalue weighted by Crippen LogP contribution is -2.16. The molecular weight excluding hydrogens is 1980 g/mol. The number of ether oxygens (including phenoxy) is 36. The van der Waals surface area contributed by atoms with E-state index >= 15 is 28.8 Å². The highest BCUT2D eigenvalue weighted by molar-refractivity contribution is 5.84. The highest BCUT2D eigenvalue weighted by Crippen LogP contribution is 2.35. The summed E-state index contributed by atoms with van der Waals surface area (Å²) >= 11 is 0. The minimum absolute atomic E-state index is 0.0134. The molecule has 0 amide bonds. The van der Waals surface area contributed by atoms with Gasteiger partial charge in [0.15, 0.2) is 0 Å². The van der Waals surface area contributed by atoms with Crippen LogP contribution in [0.4, 0.5) is 0 Å². The number of benzene rings is 6. The molecule has 0 fully saturated rings. The molecule has 1 aromatic heterocycles. The number of nitrogens with one attached hydrogen (secondary N) is 6. The molecule has 0 unspecified atom stereocenters. The van der Waals surface area contributed by atoms with Crippen LogP contribution in [0.5, 0.6) is 69.0 Å². The molecule has 12 bridgehead atoms. The van der Waals surface area contributed by atoms with Gasteiger partial charge in [-0.2, -0.15) is 0 Å². The van der Waals surface area contributed by atoms with Crippen LogP contribution in [0.1, 0.15) is 0 Å². The third kappa shape index (κ3) is 48.2. The first kappa shape index (κ1) is 126. The van der Waals surface area contributed by atoms with Gasteiger partial charge in [0.1, 0.15) is 109 Å². The van der Waals surface area contributed by atoms with Crippen molar-refractivity contribution in [2.75, 3.05) is 402 Å². The summed E-state index contributed by atoms with van der Waals surface area (Å²) in [6.07, 6.45) is 0. The molecule has 0 radical (unpaired) electrons. The summed E-state index contributed by atoms with van der Waals surface area (Å²) in [5.74, 6) is -0.966. The molecule has 48 nitrogen and oxygen atoms in total. The number of aromatic amines is 6. The maximum absolute atomic E-state index is 15.8. The van der Waals surface area contributed by atoms with Gasteiger partial charge >= 0.3 is 0 Å². The van der Waals surface area contributed by atoms with Crippen molar-refractivity contribution in [3.8, 4) is 69.0 Å². The van der Waals surface area contributed by atoms with Crippen LogP contribution in [0, 0.1) is 0 Å². The van der Waals surface area contributed by atoms with Crippen molar-refractivity contribution in [2.45, 2.75) is 0 Å². The minimum atomic E-state index is -0.936. The van der Waals surface area contributed by atoms with Crippen molar-refractivity contribution in [3.05, 3.63) is 135 Å². The number of fused-ring (bicyclic) bond motifs is 12. The molecule has 48 heteroatoms. The predicted octanol–water partition coefficient (Wildman–Crippen LogP) is 6.30. The Bertz CT molecular complexity index is 4860. The van der Waals surface area contributed by atoms with Gasteiger partial charge in [0.2, 0.25) is 0 Å². The first-order valence-electron chi connectivity index (χ1n) is 48.9. The Morgan fingerprint density at radius 1 is 0.133 bits per heavy atom. The molecule has 0 aliphatic carbocycles. The summed E-state index contributed by atoms with van der Waals surface area (Å²) in [6.45, 7) is 8.75. The summed E-state index contributed by atoms with van der Waals surface area (Å²) in [5.41, 5.74) is -6.19. The smallest absolute Gasteiger partial charge is 0.259 e. The number of hydrogen-bond donors (Lipinski definition) is 6. The molecule has 1 heterocycles. The Balaban J connectivity index is 1.63. The van der Waals surface area contributed by atoms with Crippen molar-refractivity contribution >= 4 is 65.4 Å². The van der Waals surface area contributed by atoms with Crippen LogP contribution >= 0.6 is 0 Å². The zero-order chi connectivity index (χ0) is 107. The van der Waals surface area contributed by atoms with Gasteiger partial charge in [-0.15, -0.1) is 0 Å². The molecule has 6 aromatic carbocycles. The first-order chi connectivity index (χ1) is 73.5. The Morgan fingerprint density at radius 3 is 0.353 bits per heavy atom. The van der Waals surface area contributed by atoms with Gasteiger partial charge in [-0.1, -0.05) is 0 Å². The fourth-order valence-corrected chi connectivity index (χ4v) is 13.3. The van der Waals surface area contributed by atoms with E-state index in [1.54, 1.807) is 42.7 Å². The van der Waals surface area contributed by atoms with Crippen LogP contribution in [0.15, 0.2) is 102 Å². The lowest BCUT2D eigenvalue weighted by molar-refractivity contribution is -0.0000346. The number of hydrogen-bond acceptors (Lipinski definition) is 42. The monoisotopic (exact) mass is 2130 g/mol. The van der Waals surface area contributed by atoms with Crippen molar-refractivity contribution < 1.29 is 171 Å². The molecular formula is C102H150N6O42. The van der Waals surface area contributed by atoms with Crippen molar-refractivity contribution in [2.24, 2.45) is 0 Å². The van der Waals surface area contributed by atoms with Gasteiger partial charge in [0, 0.05) is 79.1 Å². The molecule has 0 saturated heterocycles. The largest absolute Gasteiger partial charge is 0.494 e. The quantitative estimate of drug-likeness (QED) is 0.0228. The molecule has 7 aromatic rings. The molecule has 0 atom stereocenters. The second-order valence-corrected chi connectivity index (χ2v) is 31.1. The third-order valence-electron chi connectivity index (χ3n) is 20.7. The predicted molar refractivity (Wildman–Crippen MR) is 553 cm³/mol. The molecule has 7 rings (SSSR count). The topological polar surface area (TPSA) is 529 Å². The zero-order valence-electron chi connectivity index (χ0n) is 88.0. The Labute approximate surface area is 868 Å². The van der Waals surface area contributed by atoms with Gasteiger partial charge < -0.3 is 200 Å². The van der Waals surface area contributed by atoms with Gasteiger partial charge in [0.25, 0.3) is 33.4 Å². The number of H-pyrrole nitrogens is 6. The average molecular weight is 2130 g/mol. The van der Waals surface area contributed by atoms with Crippen LogP contribution in [0.25, 0.3) is 65.4 Å². The molecule has 6 N–H and O–H groups in total. The van der Waals surface area contributed by atoms with E-state index in [-0.39, 0.29) is 333 Å². The molecule has 840 valence electrons. The number of aromatic nitrogens is 6. The van der Waals surface area contributed by atoms with Crippen molar-refractivity contribution in [1.29, 1.82) is 0 Å². The van der Waals surface area contributed by atoms with Crippen LogP contribution in [0.2, 0.25) is 0 Å². The highest BCUT2D eigenvalue weighted by Gasteiger charge is 2.20. The van der Waals surface area contributed by atoms with Crippen molar-refractivity contribution in [3.63, 3.8) is 0 Å². The van der Waals surface area contributed by atoms with Crippen LogP contribution in [0.3, 0.4) is 0 Å². The molecule has 0 aliphatic heterocycles. The summed E-state index contributed by atoms with van der Waals surface area (Å²) < 4.78 is 208. The Morgan fingerprint density at radius 2 is 0.240 bits per heavy atom. The van der Waals surface area contributed by atoms with Crippen LogP contribution in [-0.4, -0.2) is 432 Å². The Hall–Kier alpha value is -11.2. The number of methoxy groups -OCH3 is 12. The minimum Gasteiger partial charge on any atom is -0.494 e. The second-order valence-electron chi connectivity index (χ2n) is 31.1. The number of rotatable bonds is 84. The normalized spacial score (nSPS) is 11.3. The summed E-state index contributed by atoms with van der Waals surface area (Å²) in [5, 5.41) is -1.75. The van der Waals surface area contributed by atoms with E-state index in [0.717, 1.165) is 0 Å². The third-order valence-corrected chi connectivity index (χ3v) is 20.7. The van der Waals surface area contributed by atoms with Crippen LogP contribution in [-0.2, 0) is 114 Å². The maximum Gasteiger partial charge on any atom is 0.259 e. The van der Waals surface area contributed by atoms with Gasteiger partial charge in [0.05, 0.1) is 386 Å². The maximum atomic E-state index is 15.8. The summed E-state index contributed by atoms with van der Waals surface area (Å²) in [6, 6.07) is 15.8. The molecule has 0 saturated carbocycles. The van der Waals surface area contributed by atoms with Crippen molar-refractivity contribution in [1.82, 2.24) is 29.9 Å². The standard InChI is InChI=1S/C102H150N6O42/c1-115-13-19-127-25-31-133-37-43-139-49-55-145-85-67-86(146-56-50-140-44-38-134-32-26-128-20-14-116-2)74-61-73(85)97(109)103-79-64-80(92(122-8)70-91(79)121-7)105-99(111)75-62-76(88(148-58-52-142-46-40-136-34-28-130-22-16-118-4)68-87(75)147-57-51-141-45-39-135-33-27-129-21-15-117-3)101(113)107-83-66-84(96(126-12)72-95(83)125-11)108-102(114)78-63-77(100(112)106-82-65-81(104-98(74)110)93(123-9)71-94(82)124-10)89(149-59-53-143-47-41-137-35-29-131-23-17-119-5)69-90(78)150-60-54-144-48-42-138-36-30-132-24-18-120-6/h61-72H,13-60H2,1-12H3,(H,103,109)(H,104,110)(H,105,111)(H,106,112)(H,107,113)(H,108,114). The molecule has 0 spiro atoms. The molecule has 0 aliphatic rings. The highest BCUT2D eigenvalue weighted by atomic mass is 16.6. The second kappa shape index (κ2) is 78.9. The fraction of sp³-hybridized carbons (Fsp3) is 0.588. The zero-order valence-corrected chi connectivity index (χ0v) is 88.0. The fourth-order valence-electron chi connectivity index (χ4n) is 13.3. The van der Waals surface area contributed by atoms with E-state index in [1.807, 2.05) is 0 Å². The van der Waals surface area contributed by atoms with E-state index in [2.05, 4.69) is 29.9 Å². The van der Waals surface area contributed by atoms with E-state index in [9.17, 15) is 0 Å². The van der Waals surface area contributed by atoms with E-state index in [1.165, 1.54) is 115 Å². The van der Waals surface area contributed by atoms with E-state index in [4.69, 9.17) is 171 Å². The van der Waals surface area contributed by atoms with E-state index < -0.39 is 33.4 Å². The lowest BCUT2D eigenvalue weighted by Gasteiger charge is -2.13. The SMILES string of the molecule is COCCOCCOCCOCCOc1cc(OCCOCCOCCOCCOC)c2cc1c(=O)[nH]c1cc([nH]c(=O)c3cc(c(OCCOCCOCCOCCOC)cc3OCCOCCOCCOCCOC)c(=O)[nH]c3cc([nH]c(=O)c4cc(c(OCCOCCOCCOCCOC)cc4OCCOCCOCCOCCOC)c(=O)[nH]c4cc([nH]c2=O)c(OC)cc4OC)c(OC)cc3OC)c(OC)cc1OC. The summed E-state index contributed by atoms with van der Waals surface area (Å²) in [4.78, 5) is 112. The lowest BCUT2D eigenvalue weighted by atomic mass is 10.1. The average Bonchev–Trinajstić information content (AvgIpc) is 0.785. The van der Waals surface area contributed by atoms with Gasteiger partial charge in [-0.25, -0.2) is 0 Å². The van der Waals surface area contributed by atoms with E-state index in [0.29, 0.717) is 119 Å². The molecule has 150 heavy (non-hydrogen) atoms. The van der Waals surface area contributed by atoms with Gasteiger partial charge in [-0.05, 0) is 36.4 Å². The van der Waals surface area contributed by atoms with Crippen LogP contribution < -0.4 is 90.2 Å². The first-order valence-corrected chi connectivity index (χ1v) is 48.9. The Kier molecular flexibility index (Phi) is 66.1. The van der Waals surface area contributed by atoms with Gasteiger partial charge in [-0.3, -0.25) is 28.8 Å². The summed E-state index contributed by atoms with van der Waals surface area (Å²) in [7, 11) is 17.4.